The summed E-state index contributed by atoms with van der Waals surface area (Å²) < 4.78 is 51.5. The Morgan fingerprint density at radius 1 is 1.30 bits per heavy atom. The highest BCUT2D eigenvalue weighted by Gasteiger charge is 2.40. The Morgan fingerprint density at radius 2 is 1.95 bits per heavy atom. The van der Waals surface area contributed by atoms with E-state index in [9.17, 15) is 17.6 Å². The molecule has 20 heavy (non-hydrogen) atoms. The molecule has 0 spiro atoms. The van der Waals surface area contributed by atoms with Crippen molar-refractivity contribution in [3.05, 3.63) is 35.1 Å². The van der Waals surface area contributed by atoms with Crippen LogP contribution in [0.2, 0.25) is 0 Å². The standard InChI is InChI=1S/C15H19F4N/c1-14(2)7-3-4-10(14)13(20)9-5-6-12(16)11(8-9)15(17,18)19/h5-6,8,10,13H,3-4,7,20H2,1-2H3. The topological polar surface area (TPSA) is 26.0 Å². The fraction of sp³-hybridized carbons (Fsp3) is 0.600. The fourth-order valence-corrected chi connectivity index (χ4v) is 3.22. The van der Waals surface area contributed by atoms with E-state index in [1.807, 2.05) is 0 Å². The van der Waals surface area contributed by atoms with Gasteiger partial charge in [-0.2, -0.15) is 13.2 Å². The zero-order chi connectivity index (χ0) is 15.1. The summed E-state index contributed by atoms with van der Waals surface area (Å²) in [4.78, 5) is 0. The van der Waals surface area contributed by atoms with Gasteiger partial charge in [-0.15, -0.1) is 0 Å². The highest BCUT2D eigenvalue weighted by molar-refractivity contribution is 5.30. The molecule has 2 atom stereocenters. The number of halogens is 4. The number of rotatable bonds is 2. The molecular weight excluding hydrogens is 270 g/mol. The second-order valence-corrected chi connectivity index (χ2v) is 6.25. The van der Waals surface area contributed by atoms with Gasteiger partial charge in [0, 0.05) is 6.04 Å². The van der Waals surface area contributed by atoms with Crippen molar-refractivity contribution in [1.29, 1.82) is 0 Å². The van der Waals surface area contributed by atoms with E-state index in [4.69, 9.17) is 5.73 Å². The lowest BCUT2D eigenvalue weighted by molar-refractivity contribution is -0.140. The van der Waals surface area contributed by atoms with Gasteiger partial charge < -0.3 is 5.73 Å². The van der Waals surface area contributed by atoms with Gasteiger partial charge in [-0.3, -0.25) is 0 Å². The van der Waals surface area contributed by atoms with Crippen molar-refractivity contribution in [3.63, 3.8) is 0 Å². The number of alkyl halides is 3. The predicted octanol–water partition coefficient (Wildman–Crippen LogP) is 4.67. The molecule has 0 saturated heterocycles. The van der Waals surface area contributed by atoms with Gasteiger partial charge in [0.2, 0.25) is 0 Å². The highest BCUT2D eigenvalue weighted by Crippen LogP contribution is 2.48. The molecule has 1 nitrogen and oxygen atoms in total. The molecule has 0 aliphatic heterocycles. The molecule has 0 aromatic heterocycles. The van der Waals surface area contributed by atoms with Crippen LogP contribution in [0.3, 0.4) is 0 Å². The molecular formula is C15H19F4N. The van der Waals surface area contributed by atoms with Crippen molar-refractivity contribution in [1.82, 2.24) is 0 Å². The molecule has 1 aliphatic carbocycles. The van der Waals surface area contributed by atoms with E-state index in [-0.39, 0.29) is 11.3 Å². The zero-order valence-electron chi connectivity index (χ0n) is 11.6. The molecule has 1 aliphatic rings. The summed E-state index contributed by atoms with van der Waals surface area (Å²) in [6, 6.07) is 2.59. The van der Waals surface area contributed by atoms with Gasteiger partial charge in [0.15, 0.2) is 0 Å². The van der Waals surface area contributed by atoms with Gasteiger partial charge in [0.25, 0.3) is 0 Å². The molecule has 112 valence electrons. The van der Waals surface area contributed by atoms with Crippen molar-refractivity contribution in [2.45, 2.75) is 45.3 Å². The van der Waals surface area contributed by atoms with Crippen LogP contribution in [0.5, 0.6) is 0 Å². The Labute approximate surface area is 116 Å². The normalized spacial score (nSPS) is 23.9. The average Bonchev–Trinajstić information content (AvgIpc) is 2.67. The third-order valence-electron chi connectivity index (χ3n) is 4.45. The summed E-state index contributed by atoms with van der Waals surface area (Å²) in [5.74, 6) is -1.13. The Hall–Kier alpha value is -1.10. The molecule has 5 heteroatoms. The van der Waals surface area contributed by atoms with E-state index in [0.29, 0.717) is 5.56 Å². The Bertz CT molecular complexity index is 493. The molecule has 1 saturated carbocycles. The third kappa shape index (κ3) is 2.82. The minimum Gasteiger partial charge on any atom is -0.324 e. The number of hydrogen-bond donors (Lipinski definition) is 1. The SMILES string of the molecule is CC1(C)CCCC1C(N)c1ccc(F)c(C(F)(F)F)c1. The Morgan fingerprint density at radius 3 is 2.45 bits per heavy atom. The van der Waals surface area contributed by atoms with Gasteiger partial charge in [-0.1, -0.05) is 26.3 Å². The van der Waals surface area contributed by atoms with Crippen LogP contribution >= 0.6 is 0 Å². The maximum absolute atomic E-state index is 13.3. The largest absolute Gasteiger partial charge is 0.419 e. The van der Waals surface area contributed by atoms with Crippen LogP contribution in [0.15, 0.2) is 18.2 Å². The minimum absolute atomic E-state index is 0.00615. The predicted molar refractivity (Wildman–Crippen MR) is 69.5 cm³/mol. The van der Waals surface area contributed by atoms with Gasteiger partial charge in [-0.05, 0) is 41.9 Å². The summed E-state index contributed by atoms with van der Waals surface area (Å²) in [5.41, 5.74) is 5.28. The van der Waals surface area contributed by atoms with Gasteiger partial charge >= 0.3 is 6.18 Å². The second-order valence-electron chi connectivity index (χ2n) is 6.25. The monoisotopic (exact) mass is 289 g/mol. The van der Waals surface area contributed by atoms with E-state index < -0.39 is 23.6 Å². The molecule has 0 radical (unpaired) electrons. The molecule has 0 amide bonds. The van der Waals surface area contributed by atoms with Crippen LogP contribution < -0.4 is 5.73 Å². The van der Waals surface area contributed by atoms with Gasteiger partial charge in [0.05, 0.1) is 5.56 Å². The van der Waals surface area contributed by atoms with Crippen LogP contribution in [-0.2, 0) is 6.18 Å². The molecule has 0 bridgehead atoms. The Kier molecular flexibility index (Phi) is 3.84. The summed E-state index contributed by atoms with van der Waals surface area (Å²) in [6.07, 6.45) is -1.75. The van der Waals surface area contributed by atoms with Crippen molar-refractivity contribution < 1.29 is 17.6 Å². The zero-order valence-corrected chi connectivity index (χ0v) is 11.6. The van der Waals surface area contributed by atoms with E-state index in [2.05, 4.69) is 13.8 Å². The fourth-order valence-electron chi connectivity index (χ4n) is 3.22. The van der Waals surface area contributed by atoms with Crippen molar-refractivity contribution >= 4 is 0 Å². The van der Waals surface area contributed by atoms with E-state index in [1.165, 1.54) is 6.07 Å². The first-order valence-corrected chi connectivity index (χ1v) is 6.75. The highest BCUT2D eigenvalue weighted by atomic mass is 19.4. The number of nitrogens with two attached hydrogens (primary N) is 1. The quantitative estimate of drug-likeness (QED) is 0.787. The van der Waals surface area contributed by atoms with Crippen LogP contribution in [0.1, 0.15) is 50.3 Å². The smallest absolute Gasteiger partial charge is 0.324 e. The molecule has 0 heterocycles. The number of benzene rings is 1. The first kappa shape index (κ1) is 15.3. The molecule has 1 fully saturated rings. The van der Waals surface area contributed by atoms with Crippen LogP contribution in [0.4, 0.5) is 17.6 Å². The first-order chi connectivity index (χ1) is 9.13. The summed E-state index contributed by atoms with van der Waals surface area (Å²) >= 11 is 0. The summed E-state index contributed by atoms with van der Waals surface area (Å²) in [5, 5.41) is 0. The van der Waals surface area contributed by atoms with Gasteiger partial charge in [0.1, 0.15) is 5.82 Å². The van der Waals surface area contributed by atoms with E-state index in [1.54, 1.807) is 0 Å². The summed E-state index contributed by atoms with van der Waals surface area (Å²) in [7, 11) is 0. The first-order valence-electron chi connectivity index (χ1n) is 6.75. The van der Waals surface area contributed by atoms with Crippen molar-refractivity contribution in [2.24, 2.45) is 17.1 Å². The lowest BCUT2D eigenvalue weighted by atomic mass is 9.75. The summed E-state index contributed by atoms with van der Waals surface area (Å²) in [6.45, 7) is 4.16. The average molecular weight is 289 g/mol. The van der Waals surface area contributed by atoms with Gasteiger partial charge in [-0.25, -0.2) is 4.39 Å². The number of hydrogen-bond acceptors (Lipinski definition) is 1. The molecule has 2 N–H and O–H groups in total. The van der Waals surface area contributed by atoms with Crippen molar-refractivity contribution in [3.8, 4) is 0 Å². The molecule has 1 aromatic carbocycles. The van der Waals surface area contributed by atoms with Crippen LogP contribution in [0.25, 0.3) is 0 Å². The van der Waals surface area contributed by atoms with E-state index in [0.717, 1.165) is 31.4 Å². The maximum atomic E-state index is 13.3. The van der Waals surface area contributed by atoms with Crippen molar-refractivity contribution in [2.75, 3.05) is 0 Å². The second kappa shape index (κ2) is 5.02. The van der Waals surface area contributed by atoms with E-state index >= 15 is 0 Å². The third-order valence-corrected chi connectivity index (χ3v) is 4.45. The Balaban J connectivity index is 2.34. The lowest BCUT2D eigenvalue weighted by Gasteiger charge is -2.32. The van der Waals surface area contributed by atoms with Crippen LogP contribution in [-0.4, -0.2) is 0 Å². The minimum atomic E-state index is -4.69. The van der Waals surface area contributed by atoms with Crippen LogP contribution in [0, 0.1) is 17.2 Å². The molecule has 1 aromatic rings. The molecule has 2 unspecified atom stereocenters. The molecule has 2 rings (SSSR count). The lowest BCUT2D eigenvalue weighted by Crippen LogP contribution is -2.30. The maximum Gasteiger partial charge on any atom is 0.419 e.